The van der Waals surface area contributed by atoms with E-state index in [0.29, 0.717) is 47.5 Å². The number of ether oxygens (including phenoxy) is 1. The van der Waals surface area contributed by atoms with Crippen LogP contribution >= 0.6 is 0 Å². The van der Waals surface area contributed by atoms with Gasteiger partial charge in [0.05, 0.1) is 19.2 Å². The number of pyridine rings is 1. The van der Waals surface area contributed by atoms with E-state index in [4.69, 9.17) is 4.74 Å². The SMILES string of the molecule is COc1cc(C)c2[nH]c3c(c(=O)c2c1)CN(CC(=O)Nc1ccc(C)c(F)c1)CC3. The Labute approximate surface area is 173 Å². The van der Waals surface area contributed by atoms with Crippen LogP contribution in [0.4, 0.5) is 10.1 Å². The number of aryl methyl sites for hydroxylation is 2. The normalized spacial score (nSPS) is 13.9. The first-order valence-electron chi connectivity index (χ1n) is 9.86. The number of carbonyl (C=O) groups excluding carboxylic acids is 1. The van der Waals surface area contributed by atoms with E-state index in [0.717, 1.165) is 16.8 Å². The van der Waals surface area contributed by atoms with E-state index in [1.807, 2.05) is 17.9 Å². The Morgan fingerprint density at radius 3 is 2.77 bits per heavy atom. The second-order valence-electron chi connectivity index (χ2n) is 7.75. The lowest BCUT2D eigenvalue weighted by atomic mass is 10.0. The average Bonchev–Trinajstić information content (AvgIpc) is 2.72. The molecule has 0 bridgehead atoms. The highest BCUT2D eigenvalue weighted by molar-refractivity contribution is 5.92. The maximum atomic E-state index is 13.7. The van der Waals surface area contributed by atoms with Gasteiger partial charge in [-0.2, -0.15) is 0 Å². The van der Waals surface area contributed by atoms with E-state index in [2.05, 4.69) is 10.3 Å². The van der Waals surface area contributed by atoms with Gasteiger partial charge in [-0.1, -0.05) is 6.07 Å². The van der Waals surface area contributed by atoms with Crippen molar-refractivity contribution in [3.05, 3.63) is 68.8 Å². The van der Waals surface area contributed by atoms with Gasteiger partial charge >= 0.3 is 0 Å². The summed E-state index contributed by atoms with van der Waals surface area (Å²) in [7, 11) is 1.58. The topological polar surface area (TPSA) is 74.4 Å². The van der Waals surface area contributed by atoms with Crippen molar-refractivity contribution in [2.24, 2.45) is 0 Å². The number of amides is 1. The number of carbonyl (C=O) groups is 1. The number of aromatic nitrogens is 1. The van der Waals surface area contributed by atoms with Crippen molar-refractivity contribution < 1.29 is 13.9 Å². The zero-order valence-electron chi connectivity index (χ0n) is 17.3. The number of anilines is 1. The van der Waals surface area contributed by atoms with Gasteiger partial charge in [0.25, 0.3) is 0 Å². The number of H-pyrrole nitrogens is 1. The minimum absolute atomic E-state index is 0.0357. The Balaban J connectivity index is 1.54. The van der Waals surface area contributed by atoms with Crippen LogP contribution in [0.5, 0.6) is 5.75 Å². The molecule has 6 nitrogen and oxygen atoms in total. The molecule has 0 saturated heterocycles. The van der Waals surface area contributed by atoms with Gasteiger partial charge in [0.2, 0.25) is 5.91 Å². The smallest absolute Gasteiger partial charge is 0.238 e. The van der Waals surface area contributed by atoms with Crippen LogP contribution in [-0.2, 0) is 17.8 Å². The van der Waals surface area contributed by atoms with Gasteiger partial charge in [0.1, 0.15) is 11.6 Å². The van der Waals surface area contributed by atoms with E-state index < -0.39 is 0 Å². The zero-order valence-corrected chi connectivity index (χ0v) is 17.3. The molecular formula is C23H24FN3O3. The van der Waals surface area contributed by atoms with Crippen molar-refractivity contribution in [2.45, 2.75) is 26.8 Å². The van der Waals surface area contributed by atoms with Gasteiger partial charge in [-0.25, -0.2) is 4.39 Å². The number of halogens is 1. The summed E-state index contributed by atoms with van der Waals surface area (Å²) >= 11 is 0. The molecule has 2 aromatic carbocycles. The minimum atomic E-state index is -0.358. The summed E-state index contributed by atoms with van der Waals surface area (Å²) in [6.45, 7) is 4.78. The van der Waals surface area contributed by atoms with E-state index in [-0.39, 0.29) is 23.7 Å². The van der Waals surface area contributed by atoms with E-state index in [1.165, 1.54) is 6.07 Å². The van der Waals surface area contributed by atoms with Gasteiger partial charge < -0.3 is 15.0 Å². The fraction of sp³-hybridized carbons (Fsp3) is 0.304. The summed E-state index contributed by atoms with van der Waals surface area (Å²) in [6, 6.07) is 8.26. The molecule has 4 rings (SSSR count). The molecule has 1 aromatic heterocycles. The van der Waals surface area contributed by atoms with Crippen molar-refractivity contribution in [3.63, 3.8) is 0 Å². The predicted octanol–water partition coefficient (Wildman–Crippen LogP) is 3.29. The highest BCUT2D eigenvalue weighted by Crippen LogP contribution is 2.25. The third-order valence-corrected chi connectivity index (χ3v) is 5.59. The van der Waals surface area contributed by atoms with Gasteiger partial charge in [-0.3, -0.25) is 14.5 Å². The number of hydrogen-bond donors (Lipinski definition) is 2. The van der Waals surface area contributed by atoms with Crippen molar-refractivity contribution in [1.29, 1.82) is 0 Å². The third-order valence-electron chi connectivity index (χ3n) is 5.59. The molecule has 0 atom stereocenters. The van der Waals surface area contributed by atoms with Crippen LogP contribution in [-0.4, -0.2) is 36.0 Å². The Morgan fingerprint density at radius 1 is 1.23 bits per heavy atom. The van der Waals surface area contributed by atoms with Crippen molar-refractivity contribution in [1.82, 2.24) is 9.88 Å². The molecule has 0 spiro atoms. The van der Waals surface area contributed by atoms with Crippen molar-refractivity contribution in [2.75, 3.05) is 25.5 Å². The van der Waals surface area contributed by atoms with Crippen LogP contribution in [0.1, 0.15) is 22.4 Å². The molecule has 7 heteroatoms. The first kappa shape index (κ1) is 20.1. The number of nitrogens with zero attached hydrogens (tertiary/aromatic N) is 1. The maximum Gasteiger partial charge on any atom is 0.238 e. The number of rotatable bonds is 4. The molecule has 1 aliphatic rings. The number of nitrogens with one attached hydrogen (secondary N) is 2. The molecule has 0 unspecified atom stereocenters. The van der Waals surface area contributed by atoms with Gasteiger partial charge in [-0.15, -0.1) is 0 Å². The molecule has 0 saturated carbocycles. The first-order valence-corrected chi connectivity index (χ1v) is 9.86. The molecule has 0 radical (unpaired) electrons. The summed E-state index contributed by atoms with van der Waals surface area (Å²) < 4.78 is 19.0. The molecule has 0 fully saturated rings. The van der Waals surface area contributed by atoms with Crippen LogP contribution in [0.25, 0.3) is 10.9 Å². The molecule has 30 heavy (non-hydrogen) atoms. The summed E-state index contributed by atoms with van der Waals surface area (Å²) in [5, 5.41) is 3.31. The fourth-order valence-corrected chi connectivity index (χ4v) is 3.91. The average molecular weight is 409 g/mol. The summed E-state index contributed by atoms with van der Waals surface area (Å²) in [5.74, 6) is 0.0445. The Kier molecular flexibility index (Phi) is 5.30. The number of methoxy groups -OCH3 is 1. The number of fused-ring (bicyclic) bond motifs is 2. The molecule has 2 heterocycles. The summed E-state index contributed by atoms with van der Waals surface area (Å²) in [4.78, 5) is 30.9. The molecule has 2 N–H and O–H groups in total. The summed E-state index contributed by atoms with van der Waals surface area (Å²) in [5.41, 5.74) is 4.29. The fourth-order valence-electron chi connectivity index (χ4n) is 3.91. The van der Waals surface area contributed by atoms with Gasteiger partial charge in [-0.05, 0) is 49.2 Å². The first-order chi connectivity index (χ1) is 14.4. The largest absolute Gasteiger partial charge is 0.497 e. The predicted molar refractivity (Wildman–Crippen MR) is 115 cm³/mol. The van der Waals surface area contributed by atoms with E-state index >= 15 is 0 Å². The quantitative estimate of drug-likeness (QED) is 0.694. The lowest BCUT2D eigenvalue weighted by Crippen LogP contribution is -2.39. The molecular weight excluding hydrogens is 385 g/mol. The second kappa shape index (κ2) is 7.91. The standard InChI is InChI=1S/C23H24FN3O3/c1-13-4-5-15(9-19(13)24)25-21(28)12-27-7-6-20-18(11-27)23(29)17-10-16(30-3)8-14(2)22(17)26-20/h4-5,8-10H,6-7,11-12H2,1-3H3,(H,25,28)(H,26,29). The third kappa shape index (κ3) is 3.80. The summed E-state index contributed by atoms with van der Waals surface area (Å²) in [6.07, 6.45) is 0.651. The monoisotopic (exact) mass is 409 g/mol. The van der Waals surface area contributed by atoms with Crippen LogP contribution in [0.3, 0.4) is 0 Å². The van der Waals surface area contributed by atoms with Crippen LogP contribution in [0.2, 0.25) is 0 Å². The zero-order chi connectivity index (χ0) is 21.4. The minimum Gasteiger partial charge on any atom is -0.497 e. The molecule has 1 aliphatic heterocycles. The Morgan fingerprint density at radius 2 is 2.03 bits per heavy atom. The maximum absolute atomic E-state index is 13.7. The number of benzene rings is 2. The van der Waals surface area contributed by atoms with E-state index in [1.54, 1.807) is 32.2 Å². The molecule has 156 valence electrons. The lowest BCUT2D eigenvalue weighted by molar-refractivity contribution is -0.117. The van der Waals surface area contributed by atoms with Crippen molar-refractivity contribution in [3.8, 4) is 5.75 Å². The van der Waals surface area contributed by atoms with Crippen LogP contribution in [0, 0.1) is 19.7 Å². The lowest BCUT2D eigenvalue weighted by Gasteiger charge is -2.28. The van der Waals surface area contributed by atoms with Gasteiger partial charge in [0, 0.05) is 41.8 Å². The number of aromatic amines is 1. The highest BCUT2D eigenvalue weighted by Gasteiger charge is 2.23. The Hall–Kier alpha value is -3.19. The van der Waals surface area contributed by atoms with Crippen LogP contribution < -0.4 is 15.5 Å². The molecule has 3 aromatic rings. The van der Waals surface area contributed by atoms with Gasteiger partial charge in [0.15, 0.2) is 5.43 Å². The highest BCUT2D eigenvalue weighted by atomic mass is 19.1. The number of hydrogen-bond acceptors (Lipinski definition) is 4. The molecule has 0 aliphatic carbocycles. The van der Waals surface area contributed by atoms with E-state index in [9.17, 15) is 14.0 Å². The molecule has 1 amide bonds. The second-order valence-corrected chi connectivity index (χ2v) is 7.75. The Bertz CT molecular complexity index is 1200. The van der Waals surface area contributed by atoms with Crippen molar-refractivity contribution >= 4 is 22.5 Å². The van der Waals surface area contributed by atoms with Crippen LogP contribution in [0.15, 0.2) is 35.1 Å².